The fourth-order valence-electron chi connectivity index (χ4n) is 2.11. The SMILES string of the molecule is CCC(CC)(CO)CNC(=O)/C=C/c1c(C)nn(C)c1Cl. The van der Waals surface area contributed by atoms with E-state index in [0.29, 0.717) is 11.7 Å². The van der Waals surface area contributed by atoms with E-state index in [1.807, 2.05) is 20.8 Å². The maximum atomic E-state index is 11.9. The standard InChI is InChI=1S/C15H24ClN3O2/c1-5-15(6-2,10-20)9-17-13(21)8-7-12-11(3)18-19(4)14(12)16/h7-8,20H,5-6,9-10H2,1-4H3,(H,17,21)/b8-7+. The molecule has 1 rings (SSSR count). The van der Waals surface area contributed by atoms with Crippen molar-refractivity contribution in [3.63, 3.8) is 0 Å². The third-order valence-electron chi connectivity index (χ3n) is 4.07. The van der Waals surface area contributed by atoms with Crippen LogP contribution in [0.3, 0.4) is 0 Å². The number of hydrogen-bond acceptors (Lipinski definition) is 3. The topological polar surface area (TPSA) is 67.2 Å². The van der Waals surface area contributed by atoms with Crippen LogP contribution in [0, 0.1) is 12.3 Å². The number of aliphatic hydroxyl groups is 1. The second kappa shape index (κ2) is 7.61. The molecule has 5 nitrogen and oxygen atoms in total. The van der Waals surface area contributed by atoms with Crippen LogP contribution < -0.4 is 5.32 Å². The number of halogens is 1. The van der Waals surface area contributed by atoms with Gasteiger partial charge in [0.05, 0.1) is 12.3 Å². The van der Waals surface area contributed by atoms with Crippen LogP contribution in [0.15, 0.2) is 6.08 Å². The Labute approximate surface area is 131 Å². The zero-order valence-corrected chi connectivity index (χ0v) is 13.9. The molecule has 0 fully saturated rings. The average Bonchev–Trinajstić information content (AvgIpc) is 2.72. The number of aliphatic hydroxyl groups excluding tert-OH is 1. The number of carbonyl (C=O) groups is 1. The lowest BCUT2D eigenvalue weighted by molar-refractivity contribution is -0.117. The minimum absolute atomic E-state index is 0.0670. The van der Waals surface area contributed by atoms with Crippen LogP contribution in [0.25, 0.3) is 6.08 Å². The first-order valence-corrected chi connectivity index (χ1v) is 7.52. The van der Waals surface area contributed by atoms with Crippen LogP contribution in [0.5, 0.6) is 0 Å². The Kier molecular flexibility index (Phi) is 6.42. The second-order valence-corrected chi connectivity index (χ2v) is 5.69. The number of aromatic nitrogens is 2. The third kappa shape index (κ3) is 4.32. The Hall–Kier alpha value is -1.33. The molecule has 21 heavy (non-hydrogen) atoms. The molecule has 0 aliphatic rings. The van der Waals surface area contributed by atoms with E-state index in [-0.39, 0.29) is 17.9 Å². The molecule has 6 heteroatoms. The van der Waals surface area contributed by atoms with Gasteiger partial charge in [0.2, 0.25) is 5.91 Å². The van der Waals surface area contributed by atoms with Gasteiger partial charge in [-0.05, 0) is 25.8 Å². The molecule has 2 N–H and O–H groups in total. The van der Waals surface area contributed by atoms with Gasteiger partial charge < -0.3 is 10.4 Å². The van der Waals surface area contributed by atoms with E-state index in [1.54, 1.807) is 17.8 Å². The Morgan fingerprint density at radius 1 is 1.48 bits per heavy atom. The lowest BCUT2D eigenvalue weighted by Gasteiger charge is -2.29. The van der Waals surface area contributed by atoms with Crippen molar-refractivity contribution in [3.05, 3.63) is 22.5 Å². The summed E-state index contributed by atoms with van der Waals surface area (Å²) in [6.45, 7) is 6.40. The normalized spacial score (nSPS) is 12.1. The molecule has 0 radical (unpaired) electrons. The number of aryl methyl sites for hydroxylation is 2. The molecule has 0 saturated carbocycles. The van der Waals surface area contributed by atoms with E-state index in [4.69, 9.17) is 11.6 Å². The van der Waals surface area contributed by atoms with Crippen LogP contribution >= 0.6 is 11.6 Å². The van der Waals surface area contributed by atoms with Gasteiger partial charge in [-0.15, -0.1) is 0 Å². The van der Waals surface area contributed by atoms with Crippen molar-refractivity contribution in [1.82, 2.24) is 15.1 Å². The van der Waals surface area contributed by atoms with Crippen LogP contribution in [0.2, 0.25) is 5.15 Å². The highest BCUT2D eigenvalue weighted by molar-refractivity contribution is 6.31. The first-order chi connectivity index (χ1) is 9.89. The van der Waals surface area contributed by atoms with E-state index in [1.165, 1.54) is 6.08 Å². The number of rotatable bonds is 7. The number of carbonyl (C=O) groups excluding carboxylic acids is 1. The lowest BCUT2D eigenvalue weighted by Crippen LogP contribution is -2.38. The molecule has 0 aliphatic carbocycles. The fraction of sp³-hybridized carbons (Fsp3) is 0.600. The number of nitrogens with zero attached hydrogens (tertiary/aromatic N) is 2. The number of amides is 1. The minimum atomic E-state index is -0.245. The predicted molar refractivity (Wildman–Crippen MR) is 85.1 cm³/mol. The Bertz CT molecular complexity index is 511. The highest BCUT2D eigenvalue weighted by Gasteiger charge is 2.25. The van der Waals surface area contributed by atoms with Gasteiger partial charge in [-0.25, -0.2) is 0 Å². The number of nitrogens with one attached hydrogen (secondary N) is 1. The summed E-state index contributed by atoms with van der Waals surface area (Å²) in [6.07, 6.45) is 4.75. The highest BCUT2D eigenvalue weighted by Crippen LogP contribution is 2.24. The van der Waals surface area contributed by atoms with Gasteiger partial charge in [-0.3, -0.25) is 9.48 Å². The second-order valence-electron chi connectivity index (χ2n) is 5.33. The monoisotopic (exact) mass is 313 g/mol. The summed E-state index contributed by atoms with van der Waals surface area (Å²) in [6, 6.07) is 0. The summed E-state index contributed by atoms with van der Waals surface area (Å²) < 4.78 is 1.57. The van der Waals surface area contributed by atoms with Crippen molar-refractivity contribution >= 4 is 23.6 Å². The largest absolute Gasteiger partial charge is 0.396 e. The first kappa shape index (κ1) is 17.7. The number of hydrogen-bond donors (Lipinski definition) is 2. The molecule has 0 saturated heterocycles. The fourth-order valence-corrected chi connectivity index (χ4v) is 2.35. The van der Waals surface area contributed by atoms with Crippen molar-refractivity contribution in [1.29, 1.82) is 0 Å². The van der Waals surface area contributed by atoms with E-state index < -0.39 is 0 Å². The minimum Gasteiger partial charge on any atom is -0.396 e. The Balaban J connectivity index is 2.67. The van der Waals surface area contributed by atoms with Crippen molar-refractivity contribution in [3.8, 4) is 0 Å². The van der Waals surface area contributed by atoms with Crippen molar-refractivity contribution < 1.29 is 9.90 Å². The quantitative estimate of drug-likeness (QED) is 0.759. The van der Waals surface area contributed by atoms with Gasteiger partial charge in [0.15, 0.2) is 0 Å². The maximum absolute atomic E-state index is 11.9. The van der Waals surface area contributed by atoms with Crippen molar-refractivity contribution in [2.24, 2.45) is 12.5 Å². The summed E-state index contributed by atoms with van der Waals surface area (Å²) in [4.78, 5) is 11.9. The van der Waals surface area contributed by atoms with Crippen molar-refractivity contribution in [2.75, 3.05) is 13.2 Å². The van der Waals surface area contributed by atoms with E-state index in [0.717, 1.165) is 24.1 Å². The molecule has 1 amide bonds. The molecule has 1 aromatic rings. The molecule has 1 aromatic heterocycles. The molecular formula is C15H24ClN3O2. The van der Waals surface area contributed by atoms with Gasteiger partial charge in [0, 0.05) is 30.6 Å². The summed E-state index contributed by atoms with van der Waals surface area (Å²) in [5, 5.41) is 17.0. The van der Waals surface area contributed by atoms with Gasteiger partial charge in [-0.1, -0.05) is 25.4 Å². The van der Waals surface area contributed by atoms with E-state index in [9.17, 15) is 9.90 Å². The smallest absolute Gasteiger partial charge is 0.244 e. The van der Waals surface area contributed by atoms with Crippen LogP contribution in [0.1, 0.15) is 37.9 Å². The molecule has 0 bridgehead atoms. The maximum Gasteiger partial charge on any atom is 0.244 e. The van der Waals surface area contributed by atoms with Crippen LogP contribution in [0.4, 0.5) is 0 Å². The summed E-state index contributed by atoms with van der Waals surface area (Å²) >= 11 is 6.10. The molecule has 0 atom stereocenters. The van der Waals surface area contributed by atoms with Crippen molar-refractivity contribution in [2.45, 2.75) is 33.6 Å². The Morgan fingerprint density at radius 3 is 2.52 bits per heavy atom. The summed E-state index contributed by atoms with van der Waals surface area (Å²) in [5.41, 5.74) is 1.28. The average molecular weight is 314 g/mol. The molecule has 1 heterocycles. The van der Waals surface area contributed by atoms with Crippen LogP contribution in [-0.4, -0.2) is 33.9 Å². The zero-order chi connectivity index (χ0) is 16.0. The van der Waals surface area contributed by atoms with E-state index in [2.05, 4.69) is 10.4 Å². The van der Waals surface area contributed by atoms with Gasteiger partial charge in [0.25, 0.3) is 0 Å². The molecular weight excluding hydrogens is 290 g/mol. The van der Waals surface area contributed by atoms with Gasteiger partial charge in [-0.2, -0.15) is 5.10 Å². The predicted octanol–water partition coefficient (Wildman–Crippen LogP) is 2.31. The highest BCUT2D eigenvalue weighted by atomic mass is 35.5. The molecule has 0 spiro atoms. The zero-order valence-electron chi connectivity index (χ0n) is 13.1. The van der Waals surface area contributed by atoms with Crippen LogP contribution in [-0.2, 0) is 11.8 Å². The molecule has 0 unspecified atom stereocenters. The lowest BCUT2D eigenvalue weighted by atomic mass is 9.83. The van der Waals surface area contributed by atoms with Gasteiger partial charge >= 0.3 is 0 Å². The molecule has 0 aliphatic heterocycles. The van der Waals surface area contributed by atoms with Gasteiger partial charge in [0.1, 0.15) is 5.15 Å². The first-order valence-electron chi connectivity index (χ1n) is 7.15. The summed E-state index contributed by atoms with van der Waals surface area (Å²) in [7, 11) is 1.75. The molecule has 118 valence electrons. The third-order valence-corrected chi connectivity index (χ3v) is 4.52. The molecule has 0 aromatic carbocycles. The Morgan fingerprint density at radius 2 is 2.10 bits per heavy atom. The van der Waals surface area contributed by atoms with E-state index >= 15 is 0 Å². The summed E-state index contributed by atoms with van der Waals surface area (Å²) in [5.74, 6) is -0.200.